The van der Waals surface area contributed by atoms with Crippen molar-refractivity contribution in [2.75, 3.05) is 33.7 Å². The molecule has 4 heteroatoms. The summed E-state index contributed by atoms with van der Waals surface area (Å²) in [5.41, 5.74) is 5.18. The first-order valence-electron chi connectivity index (χ1n) is 4.27. The molecule has 0 radical (unpaired) electrons. The monoisotopic (exact) mass is 173 g/mol. The number of rotatable bonds is 5. The lowest BCUT2D eigenvalue weighted by molar-refractivity contribution is 0.201. The van der Waals surface area contributed by atoms with Crippen LogP contribution in [0.5, 0.6) is 0 Å². The SMILES string of the molecule is CCCN(CCN(C)C)C(N)=O. The minimum Gasteiger partial charge on any atom is -0.351 e. The average molecular weight is 173 g/mol. The van der Waals surface area contributed by atoms with E-state index >= 15 is 0 Å². The summed E-state index contributed by atoms with van der Waals surface area (Å²) in [5.74, 6) is 0. The normalized spacial score (nSPS) is 10.3. The highest BCUT2D eigenvalue weighted by atomic mass is 16.2. The second-order valence-electron chi connectivity index (χ2n) is 3.13. The molecule has 0 fully saturated rings. The van der Waals surface area contributed by atoms with Gasteiger partial charge in [0.15, 0.2) is 0 Å². The van der Waals surface area contributed by atoms with Gasteiger partial charge in [-0.2, -0.15) is 0 Å². The van der Waals surface area contributed by atoms with Gasteiger partial charge in [0.05, 0.1) is 0 Å². The van der Waals surface area contributed by atoms with Crippen LogP contribution in [0.3, 0.4) is 0 Å². The number of carbonyl (C=O) groups excluding carboxylic acids is 1. The van der Waals surface area contributed by atoms with Crippen molar-refractivity contribution in [2.24, 2.45) is 5.73 Å². The standard InChI is InChI=1S/C8H19N3O/c1-4-5-11(8(9)12)7-6-10(2)3/h4-7H2,1-3H3,(H2,9,12). The number of hydrogen-bond acceptors (Lipinski definition) is 2. The minimum absolute atomic E-state index is 0.321. The van der Waals surface area contributed by atoms with E-state index in [2.05, 4.69) is 0 Å². The van der Waals surface area contributed by atoms with E-state index in [4.69, 9.17) is 5.73 Å². The Bertz CT molecular complexity index is 136. The van der Waals surface area contributed by atoms with E-state index in [-0.39, 0.29) is 6.03 Å². The van der Waals surface area contributed by atoms with E-state index in [9.17, 15) is 4.79 Å². The zero-order chi connectivity index (χ0) is 9.56. The molecule has 0 heterocycles. The van der Waals surface area contributed by atoms with Crippen molar-refractivity contribution in [2.45, 2.75) is 13.3 Å². The zero-order valence-corrected chi connectivity index (χ0v) is 8.21. The molecule has 0 rings (SSSR count). The molecule has 0 aromatic heterocycles. The molecule has 2 amide bonds. The molecule has 0 aromatic rings. The molecule has 0 aliphatic rings. The maximum absolute atomic E-state index is 10.8. The smallest absolute Gasteiger partial charge is 0.314 e. The largest absolute Gasteiger partial charge is 0.351 e. The molecule has 2 N–H and O–H groups in total. The molecule has 12 heavy (non-hydrogen) atoms. The average Bonchev–Trinajstić information content (AvgIpc) is 1.96. The van der Waals surface area contributed by atoms with Gasteiger partial charge in [0.2, 0.25) is 0 Å². The predicted molar refractivity (Wildman–Crippen MR) is 50.0 cm³/mol. The summed E-state index contributed by atoms with van der Waals surface area (Å²) in [5, 5.41) is 0. The Morgan fingerprint density at radius 3 is 2.17 bits per heavy atom. The third kappa shape index (κ3) is 4.96. The van der Waals surface area contributed by atoms with Gasteiger partial charge in [-0.05, 0) is 20.5 Å². The van der Waals surface area contributed by atoms with Crippen LogP contribution < -0.4 is 5.73 Å². The fourth-order valence-electron chi connectivity index (χ4n) is 0.923. The molecule has 0 bridgehead atoms. The van der Waals surface area contributed by atoms with Crippen molar-refractivity contribution in [3.63, 3.8) is 0 Å². The van der Waals surface area contributed by atoms with Crippen molar-refractivity contribution >= 4 is 6.03 Å². The minimum atomic E-state index is -0.321. The summed E-state index contributed by atoms with van der Waals surface area (Å²) < 4.78 is 0. The summed E-state index contributed by atoms with van der Waals surface area (Å²) in [6, 6.07) is -0.321. The second kappa shape index (κ2) is 5.83. The van der Waals surface area contributed by atoms with Crippen LogP contribution in [0.4, 0.5) is 4.79 Å². The van der Waals surface area contributed by atoms with Gasteiger partial charge in [0.25, 0.3) is 0 Å². The van der Waals surface area contributed by atoms with Crippen LogP contribution in [0.1, 0.15) is 13.3 Å². The Balaban J connectivity index is 3.71. The summed E-state index contributed by atoms with van der Waals surface area (Å²) in [6.07, 6.45) is 0.955. The topological polar surface area (TPSA) is 49.6 Å². The lowest BCUT2D eigenvalue weighted by Crippen LogP contribution is -2.40. The predicted octanol–water partition coefficient (Wildman–Crippen LogP) is 0.339. The number of hydrogen-bond donors (Lipinski definition) is 1. The lowest BCUT2D eigenvalue weighted by Gasteiger charge is -2.21. The molecule has 0 spiro atoms. The van der Waals surface area contributed by atoms with Crippen LogP contribution in [-0.4, -0.2) is 49.6 Å². The number of primary amides is 1. The Labute approximate surface area is 74.3 Å². The lowest BCUT2D eigenvalue weighted by atomic mass is 10.4. The molecular weight excluding hydrogens is 154 g/mol. The molecule has 0 aliphatic heterocycles. The highest BCUT2D eigenvalue weighted by Gasteiger charge is 2.07. The molecule has 0 saturated heterocycles. The quantitative estimate of drug-likeness (QED) is 0.651. The van der Waals surface area contributed by atoms with Crippen molar-refractivity contribution in [1.29, 1.82) is 0 Å². The Morgan fingerprint density at radius 2 is 1.83 bits per heavy atom. The molecule has 0 saturated carbocycles. The number of nitrogens with zero attached hydrogens (tertiary/aromatic N) is 2. The molecular formula is C8H19N3O. The summed E-state index contributed by atoms with van der Waals surface area (Å²) in [6.45, 7) is 4.37. The highest BCUT2D eigenvalue weighted by Crippen LogP contribution is 1.91. The van der Waals surface area contributed by atoms with E-state index in [1.165, 1.54) is 0 Å². The van der Waals surface area contributed by atoms with Gasteiger partial charge in [-0.25, -0.2) is 4.79 Å². The van der Waals surface area contributed by atoms with Gasteiger partial charge < -0.3 is 15.5 Å². The van der Waals surface area contributed by atoms with Gasteiger partial charge in [-0.3, -0.25) is 0 Å². The maximum atomic E-state index is 10.8. The van der Waals surface area contributed by atoms with Crippen molar-refractivity contribution < 1.29 is 4.79 Å². The van der Waals surface area contributed by atoms with Crippen LogP contribution in [-0.2, 0) is 0 Å². The fraction of sp³-hybridized carbons (Fsp3) is 0.875. The third-order valence-electron chi connectivity index (χ3n) is 1.62. The van der Waals surface area contributed by atoms with Crippen LogP contribution in [0.2, 0.25) is 0 Å². The van der Waals surface area contributed by atoms with E-state index < -0.39 is 0 Å². The third-order valence-corrected chi connectivity index (χ3v) is 1.62. The fourth-order valence-corrected chi connectivity index (χ4v) is 0.923. The molecule has 72 valence electrons. The number of amides is 2. The van der Waals surface area contributed by atoms with E-state index in [0.29, 0.717) is 0 Å². The van der Waals surface area contributed by atoms with Crippen molar-refractivity contribution in [3.05, 3.63) is 0 Å². The van der Waals surface area contributed by atoms with Crippen LogP contribution in [0.25, 0.3) is 0 Å². The zero-order valence-electron chi connectivity index (χ0n) is 8.21. The second-order valence-corrected chi connectivity index (χ2v) is 3.13. The van der Waals surface area contributed by atoms with E-state index in [1.807, 2.05) is 25.9 Å². The van der Waals surface area contributed by atoms with Gasteiger partial charge in [0, 0.05) is 19.6 Å². The first-order chi connectivity index (χ1) is 5.57. The van der Waals surface area contributed by atoms with Crippen molar-refractivity contribution in [3.8, 4) is 0 Å². The number of nitrogens with two attached hydrogens (primary N) is 1. The molecule has 0 atom stereocenters. The highest BCUT2D eigenvalue weighted by molar-refractivity contribution is 5.71. The van der Waals surface area contributed by atoms with Crippen LogP contribution in [0.15, 0.2) is 0 Å². The Hall–Kier alpha value is -0.770. The summed E-state index contributed by atoms with van der Waals surface area (Å²) >= 11 is 0. The van der Waals surface area contributed by atoms with Gasteiger partial charge in [0.1, 0.15) is 0 Å². The Morgan fingerprint density at radius 1 is 1.25 bits per heavy atom. The van der Waals surface area contributed by atoms with Gasteiger partial charge in [-0.15, -0.1) is 0 Å². The molecule has 0 aliphatic carbocycles. The number of likely N-dealkylation sites (N-methyl/N-ethyl adjacent to an activating group) is 1. The number of urea groups is 1. The first-order valence-corrected chi connectivity index (χ1v) is 4.27. The number of carbonyl (C=O) groups is 1. The molecule has 0 aromatic carbocycles. The van der Waals surface area contributed by atoms with Gasteiger partial charge in [-0.1, -0.05) is 6.92 Å². The first kappa shape index (κ1) is 11.2. The van der Waals surface area contributed by atoms with E-state index in [0.717, 1.165) is 26.1 Å². The van der Waals surface area contributed by atoms with Crippen LogP contribution >= 0.6 is 0 Å². The molecule has 0 unspecified atom stereocenters. The van der Waals surface area contributed by atoms with Crippen molar-refractivity contribution in [1.82, 2.24) is 9.80 Å². The summed E-state index contributed by atoms with van der Waals surface area (Å²) in [7, 11) is 3.95. The Kier molecular flexibility index (Phi) is 5.45. The molecule has 4 nitrogen and oxygen atoms in total. The van der Waals surface area contributed by atoms with E-state index in [1.54, 1.807) is 4.90 Å². The van der Waals surface area contributed by atoms with Crippen LogP contribution in [0, 0.1) is 0 Å². The van der Waals surface area contributed by atoms with Gasteiger partial charge >= 0.3 is 6.03 Å². The maximum Gasteiger partial charge on any atom is 0.314 e. The summed E-state index contributed by atoms with van der Waals surface area (Å²) in [4.78, 5) is 14.5.